The van der Waals surface area contributed by atoms with Crippen LogP contribution in [0.25, 0.3) is 10.8 Å². The maximum absolute atomic E-state index is 10.6. The number of benzene rings is 3. The number of rotatable bonds is 3. The van der Waals surface area contributed by atoms with Crippen molar-refractivity contribution in [2.45, 2.75) is 13.3 Å². The minimum Gasteiger partial charge on any atom is -0.507 e. The van der Waals surface area contributed by atoms with Crippen LogP contribution in [0.3, 0.4) is 0 Å². The lowest BCUT2D eigenvalue weighted by Gasteiger charge is -2.14. The zero-order valence-electron chi connectivity index (χ0n) is 12.6. The van der Waals surface area contributed by atoms with E-state index in [9.17, 15) is 10.2 Å². The Labute approximate surface area is 129 Å². The second-order valence-electron chi connectivity index (χ2n) is 5.37. The largest absolute Gasteiger partial charge is 0.507 e. The number of methoxy groups -OCH3 is 1. The fourth-order valence-corrected chi connectivity index (χ4v) is 2.75. The van der Waals surface area contributed by atoms with Crippen LogP contribution in [0.15, 0.2) is 48.5 Å². The fraction of sp³-hybridized carbons (Fsp3) is 0.158. The van der Waals surface area contributed by atoms with Crippen LogP contribution in [0.1, 0.15) is 16.7 Å². The van der Waals surface area contributed by atoms with Crippen LogP contribution in [0, 0.1) is 6.92 Å². The maximum atomic E-state index is 10.6. The molecule has 3 nitrogen and oxygen atoms in total. The summed E-state index contributed by atoms with van der Waals surface area (Å²) >= 11 is 0. The summed E-state index contributed by atoms with van der Waals surface area (Å²) in [5.74, 6) is 1.27. The van der Waals surface area contributed by atoms with Crippen LogP contribution < -0.4 is 4.74 Å². The molecule has 0 heterocycles. The summed E-state index contributed by atoms with van der Waals surface area (Å²) in [5.41, 5.74) is 2.52. The fourth-order valence-electron chi connectivity index (χ4n) is 2.75. The van der Waals surface area contributed by atoms with E-state index >= 15 is 0 Å². The van der Waals surface area contributed by atoms with Gasteiger partial charge in [-0.25, -0.2) is 0 Å². The van der Waals surface area contributed by atoms with Gasteiger partial charge in [0.2, 0.25) is 0 Å². The second-order valence-corrected chi connectivity index (χ2v) is 5.37. The van der Waals surface area contributed by atoms with Gasteiger partial charge in [0.25, 0.3) is 0 Å². The Hall–Kier alpha value is -2.68. The van der Waals surface area contributed by atoms with Crippen molar-refractivity contribution in [3.8, 4) is 17.2 Å². The SMILES string of the molecule is COc1ccc(Cc2c(C)c(O)c3ccccc3c2O)cc1. The average Bonchev–Trinajstić information content (AvgIpc) is 2.57. The third kappa shape index (κ3) is 2.35. The number of aromatic hydroxyl groups is 2. The summed E-state index contributed by atoms with van der Waals surface area (Å²) in [4.78, 5) is 0. The molecule has 0 atom stereocenters. The minimum atomic E-state index is 0.233. The Morgan fingerprint density at radius 1 is 0.864 bits per heavy atom. The van der Waals surface area contributed by atoms with E-state index in [4.69, 9.17) is 4.74 Å². The molecule has 0 aliphatic carbocycles. The van der Waals surface area contributed by atoms with E-state index < -0.39 is 0 Å². The molecule has 0 bridgehead atoms. The van der Waals surface area contributed by atoms with E-state index in [0.717, 1.165) is 16.9 Å². The average molecular weight is 294 g/mol. The summed E-state index contributed by atoms with van der Waals surface area (Å²) in [5, 5.41) is 22.3. The van der Waals surface area contributed by atoms with Crippen molar-refractivity contribution < 1.29 is 14.9 Å². The summed E-state index contributed by atoms with van der Waals surface area (Å²) < 4.78 is 5.15. The molecule has 0 amide bonds. The van der Waals surface area contributed by atoms with Gasteiger partial charge in [-0.2, -0.15) is 0 Å². The van der Waals surface area contributed by atoms with Gasteiger partial charge in [-0.1, -0.05) is 36.4 Å². The van der Waals surface area contributed by atoms with E-state index in [1.807, 2.05) is 55.5 Å². The van der Waals surface area contributed by atoms with Crippen molar-refractivity contribution in [1.29, 1.82) is 0 Å². The van der Waals surface area contributed by atoms with Crippen LogP contribution in [0.2, 0.25) is 0 Å². The number of phenols is 2. The number of phenolic OH excluding ortho intramolecular Hbond substituents is 2. The van der Waals surface area contributed by atoms with Crippen LogP contribution in [0.4, 0.5) is 0 Å². The van der Waals surface area contributed by atoms with Gasteiger partial charge in [-0.3, -0.25) is 0 Å². The van der Waals surface area contributed by atoms with Gasteiger partial charge in [0.1, 0.15) is 17.2 Å². The Bertz CT molecular complexity index is 820. The van der Waals surface area contributed by atoms with Crippen molar-refractivity contribution >= 4 is 10.8 Å². The number of fused-ring (bicyclic) bond motifs is 1. The van der Waals surface area contributed by atoms with Gasteiger partial charge in [0.15, 0.2) is 0 Å². The van der Waals surface area contributed by atoms with Gasteiger partial charge >= 0.3 is 0 Å². The summed E-state index contributed by atoms with van der Waals surface area (Å²) in [6, 6.07) is 15.0. The zero-order chi connectivity index (χ0) is 15.7. The lowest BCUT2D eigenvalue weighted by Crippen LogP contribution is -1.95. The molecule has 2 N–H and O–H groups in total. The van der Waals surface area contributed by atoms with Gasteiger partial charge in [0, 0.05) is 22.8 Å². The highest BCUT2D eigenvalue weighted by molar-refractivity contribution is 5.95. The molecule has 0 radical (unpaired) electrons. The first-order chi connectivity index (χ1) is 10.6. The highest BCUT2D eigenvalue weighted by Crippen LogP contribution is 2.40. The van der Waals surface area contributed by atoms with E-state index in [-0.39, 0.29) is 11.5 Å². The molecule has 0 fully saturated rings. The topological polar surface area (TPSA) is 49.7 Å². The highest BCUT2D eigenvalue weighted by Gasteiger charge is 2.15. The van der Waals surface area contributed by atoms with Crippen molar-refractivity contribution in [3.63, 3.8) is 0 Å². The van der Waals surface area contributed by atoms with Gasteiger partial charge < -0.3 is 14.9 Å². The molecule has 0 aliphatic heterocycles. The third-order valence-electron chi connectivity index (χ3n) is 4.07. The molecule has 3 heteroatoms. The van der Waals surface area contributed by atoms with Crippen LogP contribution in [0.5, 0.6) is 17.2 Å². The van der Waals surface area contributed by atoms with Gasteiger partial charge in [0.05, 0.1) is 7.11 Å². The van der Waals surface area contributed by atoms with E-state index in [0.29, 0.717) is 22.8 Å². The third-order valence-corrected chi connectivity index (χ3v) is 4.07. The van der Waals surface area contributed by atoms with E-state index in [1.165, 1.54) is 0 Å². The van der Waals surface area contributed by atoms with E-state index in [2.05, 4.69) is 0 Å². The molecule has 0 spiro atoms. The van der Waals surface area contributed by atoms with Crippen LogP contribution >= 0.6 is 0 Å². The number of hydrogen-bond acceptors (Lipinski definition) is 3. The molecule has 112 valence electrons. The minimum absolute atomic E-state index is 0.233. The number of hydrogen-bond donors (Lipinski definition) is 2. The van der Waals surface area contributed by atoms with E-state index in [1.54, 1.807) is 7.11 Å². The second kappa shape index (κ2) is 5.60. The molecule has 3 aromatic rings. The van der Waals surface area contributed by atoms with Crippen molar-refractivity contribution in [2.24, 2.45) is 0 Å². The van der Waals surface area contributed by atoms with Gasteiger partial charge in [-0.15, -0.1) is 0 Å². The Morgan fingerprint density at radius 3 is 2.05 bits per heavy atom. The molecule has 3 rings (SSSR count). The monoisotopic (exact) mass is 294 g/mol. The zero-order valence-corrected chi connectivity index (χ0v) is 12.6. The molecule has 3 aromatic carbocycles. The normalized spacial score (nSPS) is 10.8. The summed E-state index contributed by atoms with van der Waals surface area (Å²) in [6.45, 7) is 1.83. The van der Waals surface area contributed by atoms with Crippen molar-refractivity contribution in [1.82, 2.24) is 0 Å². The summed E-state index contributed by atoms with van der Waals surface area (Å²) in [7, 11) is 1.63. The molecular weight excluding hydrogens is 276 g/mol. The first-order valence-corrected chi connectivity index (χ1v) is 7.17. The quantitative estimate of drug-likeness (QED) is 0.713. The van der Waals surface area contributed by atoms with Gasteiger partial charge in [-0.05, 0) is 30.2 Å². The predicted molar refractivity (Wildman–Crippen MR) is 87.8 cm³/mol. The summed E-state index contributed by atoms with van der Waals surface area (Å²) in [6.07, 6.45) is 0.556. The van der Waals surface area contributed by atoms with Crippen LogP contribution in [-0.4, -0.2) is 17.3 Å². The molecule has 0 saturated heterocycles. The molecule has 0 saturated carbocycles. The standard InChI is InChI=1S/C19H18O3/c1-12-17(11-13-7-9-14(22-2)10-8-13)19(21)16-6-4-3-5-15(16)18(12)20/h3-10,20-21H,11H2,1-2H3. The maximum Gasteiger partial charge on any atom is 0.127 e. The molecule has 0 aliphatic rings. The Kier molecular flexibility index (Phi) is 3.63. The Morgan fingerprint density at radius 2 is 1.45 bits per heavy atom. The molecule has 0 aromatic heterocycles. The lowest BCUT2D eigenvalue weighted by atomic mass is 9.94. The molecule has 0 unspecified atom stereocenters. The lowest BCUT2D eigenvalue weighted by molar-refractivity contribution is 0.414. The smallest absolute Gasteiger partial charge is 0.127 e. The predicted octanol–water partition coefficient (Wildman–Crippen LogP) is 4.16. The van der Waals surface area contributed by atoms with Crippen molar-refractivity contribution in [3.05, 3.63) is 65.2 Å². The molecular formula is C19H18O3. The van der Waals surface area contributed by atoms with Crippen molar-refractivity contribution in [2.75, 3.05) is 7.11 Å². The molecule has 22 heavy (non-hydrogen) atoms. The Balaban J connectivity index is 2.10. The highest BCUT2D eigenvalue weighted by atomic mass is 16.5. The first-order valence-electron chi connectivity index (χ1n) is 7.17. The number of ether oxygens (including phenoxy) is 1. The van der Waals surface area contributed by atoms with Crippen LogP contribution in [-0.2, 0) is 6.42 Å². The first kappa shape index (κ1) is 14.3.